The Morgan fingerprint density at radius 3 is 2.65 bits per heavy atom. The summed E-state index contributed by atoms with van der Waals surface area (Å²) in [5.41, 5.74) is 3.33. The highest BCUT2D eigenvalue weighted by Crippen LogP contribution is 2.24. The van der Waals surface area contributed by atoms with E-state index in [0.29, 0.717) is 19.5 Å². The van der Waals surface area contributed by atoms with Gasteiger partial charge in [-0.3, -0.25) is 9.59 Å². The topological polar surface area (TPSA) is 57.6 Å². The average Bonchev–Trinajstić information content (AvgIpc) is 2.69. The Balaban J connectivity index is 2.09. The van der Waals surface area contributed by atoms with E-state index in [4.69, 9.17) is 5.11 Å². The van der Waals surface area contributed by atoms with Crippen LogP contribution in [0.3, 0.4) is 0 Å². The minimum absolute atomic E-state index is 0.0771. The van der Waals surface area contributed by atoms with Gasteiger partial charge in [-0.2, -0.15) is 0 Å². The molecule has 0 unspecified atom stereocenters. The Kier molecular flexibility index (Phi) is 3.13. The van der Waals surface area contributed by atoms with Gasteiger partial charge in [-0.15, -0.1) is 0 Å². The first-order valence-electron chi connectivity index (χ1n) is 5.64. The quantitative estimate of drug-likeness (QED) is 0.862. The van der Waals surface area contributed by atoms with Crippen molar-refractivity contribution in [1.29, 1.82) is 0 Å². The second-order valence-electron chi connectivity index (χ2n) is 4.37. The summed E-state index contributed by atoms with van der Waals surface area (Å²) in [6.45, 7) is 2.88. The Morgan fingerprint density at radius 1 is 1.29 bits per heavy atom. The Hall–Kier alpha value is -1.84. The van der Waals surface area contributed by atoms with E-state index in [1.807, 2.05) is 18.2 Å². The minimum Gasteiger partial charge on any atom is -0.481 e. The van der Waals surface area contributed by atoms with Crippen molar-refractivity contribution in [1.82, 2.24) is 4.90 Å². The van der Waals surface area contributed by atoms with Gasteiger partial charge < -0.3 is 10.0 Å². The number of carbonyl (C=O) groups excluding carboxylic acids is 1. The number of aliphatic carboxylic acids is 1. The standard InChI is InChI=1S/C13H15NO3/c1-9(15)14-7-11-4-2-10(3-5-13(16)17)6-12(11)8-14/h2,4,6H,3,5,7-8H2,1H3,(H,16,17). The third kappa shape index (κ3) is 2.64. The van der Waals surface area contributed by atoms with E-state index in [2.05, 4.69) is 0 Å². The van der Waals surface area contributed by atoms with Crippen molar-refractivity contribution >= 4 is 11.9 Å². The Bertz CT molecular complexity index is 468. The van der Waals surface area contributed by atoms with Crippen molar-refractivity contribution in [2.45, 2.75) is 32.9 Å². The average molecular weight is 233 g/mol. The van der Waals surface area contributed by atoms with Gasteiger partial charge in [0.15, 0.2) is 0 Å². The maximum Gasteiger partial charge on any atom is 0.303 e. The number of carbonyl (C=O) groups is 2. The molecule has 0 saturated heterocycles. The SMILES string of the molecule is CC(=O)N1Cc2ccc(CCC(=O)O)cc2C1. The van der Waals surface area contributed by atoms with Gasteiger partial charge in [0.25, 0.3) is 0 Å². The summed E-state index contributed by atoms with van der Waals surface area (Å²) in [6, 6.07) is 5.96. The molecule has 1 amide bonds. The van der Waals surface area contributed by atoms with Gasteiger partial charge >= 0.3 is 5.97 Å². The Morgan fingerprint density at radius 2 is 2.00 bits per heavy atom. The third-order valence-corrected chi connectivity index (χ3v) is 3.07. The molecule has 2 rings (SSSR count). The van der Waals surface area contributed by atoms with Gasteiger partial charge in [-0.25, -0.2) is 0 Å². The molecule has 1 N–H and O–H groups in total. The largest absolute Gasteiger partial charge is 0.481 e. The first kappa shape index (κ1) is 11.6. The minimum atomic E-state index is -0.782. The van der Waals surface area contributed by atoms with E-state index >= 15 is 0 Å². The number of rotatable bonds is 3. The lowest BCUT2D eigenvalue weighted by atomic mass is 10.0. The first-order chi connectivity index (χ1) is 8.06. The van der Waals surface area contributed by atoms with Gasteiger partial charge in [0.1, 0.15) is 0 Å². The summed E-state index contributed by atoms with van der Waals surface area (Å²) in [7, 11) is 0. The monoisotopic (exact) mass is 233 g/mol. The molecule has 0 spiro atoms. The molecule has 4 heteroatoms. The normalized spacial score (nSPS) is 13.6. The maximum atomic E-state index is 11.3. The zero-order chi connectivity index (χ0) is 12.4. The molecule has 0 saturated carbocycles. The van der Waals surface area contributed by atoms with Crippen LogP contribution in [0.1, 0.15) is 30.0 Å². The van der Waals surface area contributed by atoms with E-state index < -0.39 is 5.97 Å². The highest BCUT2D eigenvalue weighted by molar-refractivity contribution is 5.74. The first-order valence-corrected chi connectivity index (χ1v) is 5.64. The van der Waals surface area contributed by atoms with Crippen LogP contribution in [0.4, 0.5) is 0 Å². The van der Waals surface area contributed by atoms with Gasteiger partial charge in [0.2, 0.25) is 5.91 Å². The number of amides is 1. The zero-order valence-corrected chi connectivity index (χ0v) is 9.77. The molecule has 0 atom stereocenters. The van der Waals surface area contributed by atoms with Crippen LogP contribution in [0.15, 0.2) is 18.2 Å². The molecule has 1 aromatic carbocycles. The fraction of sp³-hybridized carbons (Fsp3) is 0.385. The van der Waals surface area contributed by atoms with Gasteiger partial charge in [-0.05, 0) is 23.1 Å². The highest BCUT2D eigenvalue weighted by atomic mass is 16.4. The van der Waals surface area contributed by atoms with Crippen molar-refractivity contribution < 1.29 is 14.7 Å². The molecule has 1 aliphatic rings. The number of fused-ring (bicyclic) bond motifs is 1. The molecule has 17 heavy (non-hydrogen) atoms. The molecule has 1 heterocycles. The van der Waals surface area contributed by atoms with E-state index in [1.54, 1.807) is 11.8 Å². The predicted octanol–water partition coefficient (Wildman–Crippen LogP) is 1.57. The molecule has 1 aromatic rings. The molecule has 1 aliphatic heterocycles. The predicted molar refractivity (Wildman–Crippen MR) is 62.3 cm³/mol. The smallest absolute Gasteiger partial charge is 0.303 e. The van der Waals surface area contributed by atoms with Crippen LogP contribution in [-0.4, -0.2) is 21.9 Å². The highest BCUT2D eigenvalue weighted by Gasteiger charge is 2.20. The Labute approximate surface area is 99.9 Å². The summed E-state index contributed by atoms with van der Waals surface area (Å²) >= 11 is 0. The maximum absolute atomic E-state index is 11.3. The molecule has 0 bridgehead atoms. The number of benzene rings is 1. The second kappa shape index (κ2) is 4.57. The van der Waals surface area contributed by atoms with Crippen LogP contribution in [-0.2, 0) is 29.1 Å². The molecule has 0 radical (unpaired) electrons. The van der Waals surface area contributed by atoms with E-state index in [9.17, 15) is 9.59 Å². The van der Waals surface area contributed by atoms with Crippen LogP contribution in [0.5, 0.6) is 0 Å². The van der Waals surface area contributed by atoms with Crippen LogP contribution >= 0.6 is 0 Å². The molecule has 0 fully saturated rings. The summed E-state index contributed by atoms with van der Waals surface area (Å²) < 4.78 is 0. The molecule has 0 aromatic heterocycles. The van der Waals surface area contributed by atoms with Crippen LogP contribution in [0.2, 0.25) is 0 Å². The van der Waals surface area contributed by atoms with E-state index in [0.717, 1.165) is 11.1 Å². The molecule has 0 aliphatic carbocycles. The van der Waals surface area contributed by atoms with Crippen molar-refractivity contribution in [2.75, 3.05) is 0 Å². The third-order valence-electron chi connectivity index (χ3n) is 3.07. The van der Waals surface area contributed by atoms with Crippen LogP contribution < -0.4 is 0 Å². The fourth-order valence-corrected chi connectivity index (χ4v) is 2.08. The lowest BCUT2D eigenvalue weighted by Gasteiger charge is -2.11. The van der Waals surface area contributed by atoms with Gasteiger partial charge in [0, 0.05) is 26.4 Å². The summed E-state index contributed by atoms with van der Waals surface area (Å²) in [4.78, 5) is 23.5. The summed E-state index contributed by atoms with van der Waals surface area (Å²) in [5, 5.41) is 8.63. The molecule has 90 valence electrons. The molecule has 4 nitrogen and oxygen atoms in total. The number of carboxylic acids is 1. The number of hydrogen-bond donors (Lipinski definition) is 1. The molecular weight excluding hydrogens is 218 g/mol. The number of hydrogen-bond acceptors (Lipinski definition) is 2. The van der Waals surface area contributed by atoms with Gasteiger partial charge in [-0.1, -0.05) is 18.2 Å². The van der Waals surface area contributed by atoms with Crippen LogP contribution in [0.25, 0.3) is 0 Å². The van der Waals surface area contributed by atoms with Crippen molar-refractivity contribution in [3.63, 3.8) is 0 Å². The summed E-state index contributed by atoms with van der Waals surface area (Å²) in [6.07, 6.45) is 0.692. The van der Waals surface area contributed by atoms with Gasteiger partial charge in [0.05, 0.1) is 0 Å². The number of carboxylic acid groups (broad SMARTS) is 1. The lowest BCUT2D eigenvalue weighted by molar-refractivity contribution is -0.137. The van der Waals surface area contributed by atoms with Crippen molar-refractivity contribution in [3.8, 4) is 0 Å². The number of aryl methyl sites for hydroxylation is 1. The van der Waals surface area contributed by atoms with E-state index in [1.165, 1.54) is 5.56 Å². The lowest BCUT2D eigenvalue weighted by Crippen LogP contribution is -2.21. The second-order valence-corrected chi connectivity index (χ2v) is 4.37. The zero-order valence-electron chi connectivity index (χ0n) is 9.77. The fourth-order valence-electron chi connectivity index (χ4n) is 2.08. The molecular formula is C13H15NO3. The number of nitrogens with zero attached hydrogens (tertiary/aromatic N) is 1. The van der Waals surface area contributed by atoms with Crippen molar-refractivity contribution in [3.05, 3.63) is 34.9 Å². The summed E-state index contributed by atoms with van der Waals surface area (Å²) in [5.74, 6) is -0.704. The van der Waals surface area contributed by atoms with Crippen molar-refractivity contribution in [2.24, 2.45) is 0 Å². The van der Waals surface area contributed by atoms with Crippen LogP contribution in [0, 0.1) is 0 Å². The van der Waals surface area contributed by atoms with E-state index in [-0.39, 0.29) is 12.3 Å².